The molecular formula is C11H11BrF3NO2S. The van der Waals surface area contributed by atoms with Gasteiger partial charge in [0.1, 0.15) is 0 Å². The van der Waals surface area contributed by atoms with Crippen molar-refractivity contribution in [3.8, 4) is 0 Å². The molecule has 1 atom stereocenters. The van der Waals surface area contributed by atoms with E-state index in [2.05, 4.69) is 21.2 Å². The van der Waals surface area contributed by atoms with Gasteiger partial charge in [0, 0.05) is 33.8 Å². The molecule has 0 radical (unpaired) electrons. The number of amides is 1. The quantitative estimate of drug-likeness (QED) is 0.900. The molecular weight excluding hydrogens is 347 g/mol. The second-order valence-corrected chi connectivity index (χ2v) is 6.13. The Bertz CT molecular complexity index is 505. The molecule has 0 spiro atoms. The highest BCUT2D eigenvalue weighted by Gasteiger charge is 2.31. The van der Waals surface area contributed by atoms with Crippen LogP contribution in [0.2, 0.25) is 0 Å². The van der Waals surface area contributed by atoms with Gasteiger partial charge in [0.25, 0.3) is 5.91 Å². The van der Waals surface area contributed by atoms with Gasteiger partial charge in [-0.25, -0.2) is 0 Å². The van der Waals surface area contributed by atoms with E-state index in [1.165, 1.54) is 12.3 Å². The predicted octanol–water partition coefficient (Wildman–Crippen LogP) is 2.58. The van der Waals surface area contributed by atoms with Crippen molar-refractivity contribution in [2.24, 2.45) is 0 Å². The molecule has 1 aromatic carbocycles. The molecule has 0 aliphatic heterocycles. The van der Waals surface area contributed by atoms with Crippen molar-refractivity contribution in [3.05, 3.63) is 33.8 Å². The normalized spacial score (nSPS) is 13.1. The van der Waals surface area contributed by atoms with Gasteiger partial charge in [-0.05, 0) is 34.1 Å². The van der Waals surface area contributed by atoms with Crippen molar-refractivity contribution >= 4 is 32.6 Å². The topological polar surface area (TPSA) is 46.2 Å². The fraction of sp³-hybridized carbons (Fsp3) is 0.364. The molecule has 1 unspecified atom stereocenters. The van der Waals surface area contributed by atoms with Crippen molar-refractivity contribution in [1.82, 2.24) is 5.32 Å². The van der Waals surface area contributed by atoms with Gasteiger partial charge in [0.2, 0.25) is 0 Å². The molecule has 0 aromatic heterocycles. The summed E-state index contributed by atoms with van der Waals surface area (Å²) in [5, 5.41) is 2.42. The Labute approximate surface area is 119 Å². The molecule has 1 rings (SSSR count). The first-order valence-electron chi connectivity index (χ1n) is 5.17. The third-order valence-corrected chi connectivity index (χ3v) is 3.68. The molecule has 8 heteroatoms. The lowest BCUT2D eigenvalue weighted by Gasteiger charge is -2.10. The van der Waals surface area contributed by atoms with Crippen LogP contribution < -0.4 is 5.32 Å². The van der Waals surface area contributed by atoms with Crippen LogP contribution in [0.15, 0.2) is 22.7 Å². The minimum Gasteiger partial charge on any atom is -0.351 e. The van der Waals surface area contributed by atoms with Gasteiger partial charge < -0.3 is 5.32 Å². The zero-order valence-electron chi connectivity index (χ0n) is 9.88. The molecule has 1 N–H and O–H groups in total. The highest BCUT2D eigenvalue weighted by atomic mass is 79.9. The monoisotopic (exact) mass is 357 g/mol. The van der Waals surface area contributed by atoms with E-state index in [1.807, 2.05) is 0 Å². The second kappa shape index (κ2) is 6.51. The molecule has 1 aromatic rings. The van der Waals surface area contributed by atoms with E-state index in [0.29, 0.717) is 0 Å². The average Bonchev–Trinajstić information content (AvgIpc) is 2.27. The minimum atomic E-state index is -4.50. The van der Waals surface area contributed by atoms with Crippen LogP contribution in [0.3, 0.4) is 0 Å². The van der Waals surface area contributed by atoms with Crippen LogP contribution in [0.1, 0.15) is 15.9 Å². The summed E-state index contributed by atoms with van der Waals surface area (Å²) in [5.41, 5.74) is -0.989. The Morgan fingerprint density at radius 3 is 2.58 bits per heavy atom. The first-order chi connectivity index (χ1) is 8.71. The lowest BCUT2D eigenvalue weighted by atomic mass is 10.1. The number of halogens is 4. The molecule has 3 nitrogen and oxygen atoms in total. The Balaban J connectivity index is 2.87. The summed E-state index contributed by atoms with van der Waals surface area (Å²) in [6.07, 6.45) is -3.02. The maximum absolute atomic E-state index is 12.5. The summed E-state index contributed by atoms with van der Waals surface area (Å²) in [6.45, 7) is 0.143. The number of hydrogen-bond donors (Lipinski definition) is 1. The van der Waals surface area contributed by atoms with E-state index in [1.54, 1.807) is 0 Å². The first kappa shape index (κ1) is 16.2. The van der Waals surface area contributed by atoms with Crippen LogP contribution >= 0.6 is 15.9 Å². The third kappa shape index (κ3) is 4.94. The predicted molar refractivity (Wildman–Crippen MR) is 70.4 cm³/mol. The number of carbonyl (C=O) groups excluding carboxylic acids is 1. The van der Waals surface area contributed by atoms with Crippen LogP contribution in [0, 0.1) is 0 Å². The number of carbonyl (C=O) groups is 1. The molecule has 0 bridgehead atoms. The Kier molecular flexibility index (Phi) is 5.54. The zero-order chi connectivity index (χ0) is 14.6. The Morgan fingerprint density at radius 2 is 2.05 bits per heavy atom. The van der Waals surface area contributed by atoms with Gasteiger partial charge in [-0.1, -0.05) is 0 Å². The number of hydrogen-bond acceptors (Lipinski definition) is 2. The Morgan fingerprint density at radius 1 is 1.42 bits per heavy atom. The number of alkyl halides is 3. The highest BCUT2D eigenvalue weighted by molar-refractivity contribution is 9.10. The van der Waals surface area contributed by atoms with Gasteiger partial charge in [-0.15, -0.1) is 0 Å². The Hall–Kier alpha value is -0.890. The van der Waals surface area contributed by atoms with Crippen LogP contribution in [-0.2, 0) is 17.0 Å². The summed E-state index contributed by atoms with van der Waals surface area (Å²) < 4.78 is 48.7. The SMILES string of the molecule is CS(=O)CCNC(=O)c1cc(C(F)(F)F)ccc1Br. The van der Waals surface area contributed by atoms with Gasteiger partial charge in [-0.3, -0.25) is 9.00 Å². The van der Waals surface area contributed by atoms with E-state index in [-0.39, 0.29) is 22.3 Å². The molecule has 106 valence electrons. The van der Waals surface area contributed by atoms with Gasteiger partial charge in [0.05, 0.1) is 11.1 Å². The lowest BCUT2D eigenvalue weighted by Crippen LogP contribution is -2.28. The summed E-state index contributed by atoms with van der Waals surface area (Å²) in [7, 11) is -1.07. The van der Waals surface area contributed by atoms with Gasteiger partial charge in [-0.2, -0.15) is 13.2 Å². The molecule has 0 fully saturated rings. The van der Waals surface area contributed by atoms with Crippen molar-refractivity contribution in [2.45, 2.75) is 6.18 Å². The first-order valence-corrected chi connectivity index (χ1v) is 7.69. The minimum absolute atomic E-state index is 0.100. The summed E-state index contributed by atoms with van der Waals surface area (Å²) in [4.78, 5) is 11.7. The standard InChI is InChI=1S/C11H11BrF3NO2S/c1-19(18)5-4-16-10(17)8-6-7(11(13,14)15)2-3-9(8)12/h2-3,6H,4-5H2,1H3,(H,16,17). The summed E-state index contributed by atoms with van der Waals surface area (Å²) in [6, 6.07) is 2.85. The van der Waals surface area contributed by atoms with Crippen molar-refractivity contribution in [2.75, 3.05) is 18.6 Å². The lowest BCUT2D eigenvalue weighted by molar-refractivity contribution is -0.137. The molecule has 0 saturated carbocycles. The fourth-order valence-electron chi connectivity index (χ4n) is 1.28. The maximum Gasteiger partial charge on any atom is 0.416 e. The highest BCUT2D eigenvalue weighted by Crippen LogP contribution is 2.31. The van der Waals surface area contributed by atoms with E-state index >= 15 is 0 Å². The molecule has 0 saturated heterocycles. The second-order valence-electron chi connectivity index (χ2n) is 3.73. The fourth-order valence-corrected chi connectivity index (χ4v) is 2.10. The van der Waals surface area contributed by atoms with E-state index < -0.39 is 28.4 Å². The smallest absolute Gasteiger partial charge is 0.351 e. The van der Waals surface area contributed by atoms with E-state index in [9.17, 15) is 22.2 Å². The van der Waals surface area contributed by atoms with Crippen LogP contribution in [0.4, 0.5) is 13.2 Å². The van der Waals surface area contributed by atoms with Crippen molar-refractivity contribution in [3.63, 3.8) is 0 Å². The largest absolute Gasteiger partial charge is 0.416 e. The van der Waals surface area contributed by atoms with Crippen LogP contribution in [0.5, 0.6) is 0 Å². The van der Waals surface area contributed by atoms with Crippen LogP contribution in [-0.4, -0.2) is 28.7 Å². The van der Waals surface area contributed by atoms with Crippen molar-refractivity contribution in [1.29, 1.82) is 0 Å². The summed E-state index contributed by atoms with van der Waals surface area (Å²) in [5.74, 6) is -0.383. The molecule has 0 aliphatic carbocycles. The molecule has 19 heavy (non-hydrogen) atoms. The zero-order valence-corrected chi connectivity index (χ0v) is 12.3. The van der Waals surface area contributed by atoms with Gasteiger partial charge >= 0.3 is 6.18 Å². The number of benzene rings is 1. The number of rotatable bonds is 4. The third-order valence-electron chi connectivity index (χ3n) is 2.21. The van der Waals surface area contributed by atoms with E-state index in [4.69, 9.17) is 0 Å². The molecule has 0 heterocycles. The number of nitrogens with one attached hydrogen (secondary N) is 1. The average molecular weight is 358 g/mol. The molecule has 1 amide bonds. The molecule has 0 aliphatic rings. The van der Waals surface area contributed by atoms with E-state index in [0.717, 1.165) is 12.1 Å². The summed E-state index contributed by atoms with van der Waals surface area (Å²) >= 11 is 3.03. The maximum atomic E-state index is 12.5. The van der Waals surface area contributed by atoms with Gasteiger partial charge in [0.15, 0.2) is 0 Å². The van der Waals surface area contributed by atoms with Crippen LogP contribution in [0.25, 0.3) is 0 Å². The van der Waals surface area contributed by atoms with Crippen molar-refractivity contribution < 1.29 is 22.2 Å².